The molecule has 0 saturated heterocycles. The number of carbonyl (C=O) groups is 1. The molecule has 1 amide bonds. The van der Waals surface area contributed by atoms with E-state index in [4.69, 9.17) is 0 Å². The van der Waals surface area contributed by atoms with Crippen LogP contribution in [0.2, 0.25) is 0 Å². The number of hydrogen-bond acceptors (Lipinski definition) is 3. The molecular weight excluding hydrogens is 256 g/mol. The molecule has 1 saturated carbocycles. The molecule has 0 radical (unpaired) electrons. The highest BCUT2D eigenvalue weighted by Gasteiger charge is 2.21. The Morgan fingerprint density at radius 1 is 1.26 bits per heavy atom. The van der Waals surface area contributed by atoms with E-state index >= 15 is 0 Å². The molecule has 3 rings (SSSR count). The Morgan fingerprint density at radius 3 is 2.74 bits per heavy atom. The van der Waals surface area contributed by atoms with Crippen molar-refractivity contribution in [1.29, 1.82) is 0 Å². The van der Waals surface area contributed by atoms with E-state index in [9.17, 15) is 4.79 Å². The zero-order valence-electron chi connectivity index (χ0n) is 11.1. The van der Waals surface area contributed by atoms with Crippen molar-refractivity contribution in [2.45, 2.75) is 38.6 Å². The van der Waals surface area contributed by atoms with Crippen LogP contribution in [0.3, 0.4) is 0 Å². The molecule has 1 heterocycles. The summed E-state index contributed by atoms with van der Waals surface area (Å²) in [6.07, 6.45) is 4.62. The van der Waals surface area contributed by atoms with Gasteiger partial charge in [0.2, 0.25) is 0 Å². The molecule has 0 atom stereocenters. The van der Waals surface area contributed by atoms with Crippen LogP contribution in [0.5, 0.6) is 0 Å². The predicted octanol–water partition coefficient (Wildman–Crippen LogP) is 3.60. The van der Waals surface area contributed by atoms with E-state index in [0.29, 0.717) is 11.0 Å². The van der Waals surface area contributed by atoms with Gasteiger partial charge in [0.25, 0.3) is 5.91 Å². The Labute approximate surface area is 117 Å². The Kier molecular flexibility index (Phi) is 3.51. The van der Waals surface area contributed by atoms with Gasteiger partial charge in [-0.2, -0.15) is 0 Å². The maximum Gasteiger partial charge on any atom is 0.280 e. The number of para-hydroxylation sites is 1. The summed E-state index contributed by atoms with van der Waals surface area (Å²) >= 11 is 1.47. The summed E-state index contributed by atoms with van der Waals surface area (Å²) in [5.41, 5.74) is 0.912. The zero-order valence-corrected chi connectivity index (χ0v) is 11.9. The summed E-state index contributed by atoms with van der Waals surface area (Å²) in [4.78, 5) is 16.6. The van der Waals surface area contributed by atoms with Crippen molar-refractivity contribution in [2.24, 2.45) is 5.92 Å². The lowest BCUT2D eigenvalue weighted by Gasteiger charge is -2.26. The van der Waals surface area contributed by atoms with Crippen LogP contribution in [0, 0.1) is 5.92 Å². The van der Waals surface area contributed by atoms with E-state index in [2.05, 4.69) is 17.2 Å². The van der Waals surface area contributed by atoms with Gasteiger partial charge >= 0.3 is 0 Å². The second-order valence-corrected chi connectivity index (χ2v) is 6.45. The molecule has 0 bridgehead atoms. The highest BCUT2D eigenvalue weighted by molar-refractivity contribution is 7.20. The number of amides is 1. The second-order valence-electron chi connectivity index (χ2n) is 5.42. The molecule has 1 aliphatic carbocycles. The Morgan fingerprint density at radius 2 is 2.00 bits per heavy atom. The van der Waals surface area contributed by atoms with Crippen molar-refractivity contribution >= 4 is 27.5 Å². The predicted molar refractivity (Wildman–Crippen MR) is 78.5 cm³/mol. The van der Waals surface area contributed by atoms with Gasteiger partial charge in [-0.1, -0.05) is 19.1 Å². The highest BCUT2D eigenvalue weighted by atomic mass is 32.1. The molecule has 1 aliphatic rings. The van der Waals surface area contributed by atoms with Gasteiger partial charge in [-0.25, -0.2) is 4.98 Å². The maximum absolute atomic E-state index is 12.2. The minimum absolute atomic E-state index is 0.0132. The van der Waals surface area contributed by atoms with Crippen LogP contribution in [0.15, 0.2) is 24.3 Å². The summed E-state index contributed by atoms with van der Waals surface area (Å²) in [7, 11) is 0. The van der Waals surface area contributed by atoms with Crippen LogP contribution >= 0.6 is 11.3 Å². The molecule has 0 aliphatic heterocycles. The number of nitrogens with zero attached hydrogens (tertiary/aromatic N) is 1. The number of hydrogen-bond donors (Lipinski definition) is 1. The molecule has 1 fully saturated rings. The largest absolute Gasteiger partial charge is 0.347 e. The van der Waals surface area contributed by atoms with Gasteiger partial charge in [0, 0.05) is 6.04 Å². The van der Waals surface area contributed by atoms with E-state index in [1.807, 2.05) is 24.3 Å². The zero-order chi connectivity index (χ0) is 13.2. The molecule has 2 aromatic rings. The highest BCUT2D eigenvalue weighted by Crippen LogP contribution is 2.25. The second kappa shape index (κ2) is 5.29. The molecule has 100 valence electrons. The first-order chi connectivity index (χ1) is 9.22. The van der Waals surface area contributed by atoms with E-state index in [-0.39, 0.29) is 5.91 Å². The number of benzene rings is 1. The average Bonchev–Trinajstić information content (AvgIpc) is 2.85. The van der Waals surface area contributed by atoms with Gasteiger partial charge < -0.3 is 5.32 Å². The maximum atomic E-state index is 12.2. The average molecular weight is 274 g/mol. The quantitative estimate of drug-likeness (QED) is 0.909. The van der Waals surface area contributed by atoms with Crippen LogP contribution < -0.4 is 5.32 Å². The first-order valence-corrected chi connectivity index (χ1v) is 7.70. The lowest BCUT2D eigenvalue weighted by molar-refractivity contribution is 0.0923. The molecule has 1 aromatic carbocycles. The fourth-order valence-corrected chi connectivity index (χ4v) is 3.49. The smallest absolute Gasteiger partial charge is 0.280 e. The van der Waals surface area contributed by atoms with Crippen LogP contribution in [-0.4, -0.2) is 16.9 Å². The number of rotatable bonds is 2. The third-order valence-electron chi connectivity index (χ3n) is 3.84. The van der Waals surface area contributed by atoms with Crippen molar-refractivity contribution in [3.63, 3.8) is 0 Å². The SMILES string of the molecule is CC1CCC(NC(=O)c2nc3ccccc3s2)CC1. The molecule has 0 spiro atoms. The van der Waals surface area contributed by atoms with Crippen molar-refractivity contribution in [3.8, 4) is 0 Å². The molecule has 1 N–H and O–H groups in total. The number of thiazole rings is 1. The summed E-state index contributed by atoms with van der Waals surface area (Å²) in [6, 6.07) is 8.21. The van der Waals surface area contributed by atoms with Crippen molar-refractivity contribution in [3.05, 3.63) is 29.3 Å². The number of nitrogens with one attached hydrogen (secondary N) is 1. The lowest BCUT2D eigenvalue weighted by Crippen LogP contribution is -2.37. The fraction of sp³-hybridized carbons (Fsp3) is 0.467. The first kappa shape index (κ1) is 12.6. The minimum atomic E-state index is -0.0132. The van der Waals surface area contributed by atoms with Gasteiger partial charge in [0.05, 0.1) is 10.2 Å². The summed E-state index contributed by atoms with van der Waals surface area (Å²) in [5.74, 6) is 0.788. The van der Waals surface area contributed by atoms with E-state index in [1.54, 1.807) is 0 Å². The molecular formula is C15H18N2OS. The van der Waals surface area contributed by atoms with Crippen LogP contribution in [0.25, 0.3) is 10.2 Å². The van der Waals surface area contributed by atoms with E-state index in [1.165, 1.54) is 24.2 Å². The number of aromatic nitrogens is 1. The van der Waals surface area contributed by atoms with Crippen molar-refractivity contribution in [1.82, 2.24) is 10.3 Å². The van der Waals surface area contributed by atoms with Crippen LogP contribution in [-0.2, 0) is 0 Å². The molecule has 1 aromatic heterocycles. The Balaban J connectivity index is 1.70. The molecule has 4 heteroatoms. The third-order valence-corrected chi connectivity index (χ3v) is 4.87. The number of carbonyl (C=O) groups excluding carboxylic acids is 1. The standard InChI is InChI=1S/C15H18N2OS/c1-10-6-8-11(9-7-10)16-14(18)15-17-12-4-2-3-5-13(12)19-15/h2-5,10-11H,6-9H2,1H3,(H,16,18). The summed E-state index contributed by atoms with van der Waals surface area (Å²) in [6.45, 7) is 2.28. The lowest BCUT2D eigenvalue weighted by atomic mass is 9.87. The van der Waals surface area contributed by atoms with E-state index in [0.717, 1.165) is 29.0 Å². The monoisotopic (exact) mass is 274 g/mol. The van der Waals surface area contributed by atoms with Gasteiger partial charge in [0.1, 0.15) is 0 Å². The molecule has 3 nitrogen and oxygen atoms in total. The Bertz CT molecular complexity index is 552. The van der Waals surface area contributed by atoms with Crippen LogP contribution in [0.1, 0.15) is 42.4 Å². The van der Waals surface area contributed by atoms with Crippen LogP contribution in [0.4, 0.5) is 0 Å². The van der Waals surface area contributed by atoms with Gasteiger partial charge in [0.15, 0.2) is 5.01 Å². The van der Waals surface area contributed by atoms with Gasteiger partial charge in [-0.15, -0.1) is 11.3 Å². The van der Waals surface area contributed by atoms with Crippen molar-refractivity contribution < 1.29 is 4.79 Å². The topological polar surface area (TPSA) is 42.0 Å². The minimum Gasteiger partial charge on any atom is -0.347 e. The van der Waals surface area contributed by atoms with Gasteiger partial charge in [-0.3, -0.25) is 4.79 Å². The Hall–Kier alpha value is -1.42. The number of fused-ring (bicyclic) bond motifs is 1. The van der Waals surface area contributed by atoms with E-state index < -0.39 is 0 Å². The first-order valence-electron chi connectivity index (χ1n) is 6.89. The normalized spacial score (nSPS) is 23.4. The molecule has 19 heavy (non-hydrogen) atoms. The fourth-order valence-electron chi connectivity index (χ4n) is 2.62. The third kappa shape index (κ3) is 2.78. The van der Waals surface area contributed by atoms with Crippen molar-refractivity contribution in [2.75, 3.05) is 0 Å². The molecule has 0 unspecified atom stereocenters. The summed E-state index contributed by atoms with van der Waals surface area (Å²) in [5, 5.41) is 3.71. The summed E-state index contributed by atoms with van der Waals surface area (Å²) < 4.78 is 1.07. The van der Waals surface area contributed by atoms with Gasteiger partial charge in [-0.05, 0) is 43.7 Å².